The Morgan fingerprint density at radius 2 is 1.93 bits per heavy atom. The van der Waals surface area contributed by atoms with E-state index in [0.717, 1.165) is 11.1 Å². The summed E-state index contributed by atoms with van der Waals surface area (Å²) in [5.41, 5.74) is 7.34. The van der Waals surface area contributed by atoms with Crippen molar-refractivity contribution in [2.75, 3.05) is 0 Å². The van der Waals surface area contributed by atoms with Gasteiger partial charge in [0, 0.05) is 18.7 Å². The van der Waals surface area contributed by atoms with Crippen molar-refractivity contribution in [3.63, 3.8) is 0 Å². The maximum Gasteiger partial charge on any atom is 0.407 e. The maximum atomic E-state index is 10.9. The molecule has 2 rings (SSSR count). The van der Waals surface area contributed by atoms with E-state index in [4.69, 9.17) is 10.8 Å². The summed E-state index contributed by atoms with van der Waals surface area (Å²) in [6.07, 6.45) is -0.952. The van der Waals surface area contributed by atoms with E-state index in [0.29, 0.717) is 18.7 Å². The van der Waals surface area contributed by atoms with Gasteiger partial charge in [0.1, 0.15) is 0 Å². The molecule has 78 valence electrons. The lowest BCUT2D eigenvalue weighted by Crippen LogP contribution is -2.22. The summed E-state index contributed by atoms with van der Waals surface area (Å²) < 4.78 is 0. The molecule has 0 spiro atoms. The zero-order valence-electron chi connectivity index (χ0n) is 7.93. The standard InChI is InChI=1S/C10H10N2O3/c11-9(13)6-1-2-7-4-12(10(14)15)5-8(7)3-6/h1-3H,4-5H2,(H2,11,13)(H,14,15). The Labute approximate surface area is 86.1 Å². The van der Waals surface area contributed by atoms with E-state index in [9.17, 15) is 9.59 Å². The Hall–Kier alpha value is -2.04. The molecule has 0 saturated heterocycles. The normalized spacial score (nSPS) is 13.7. The van der Waals surface area contributed by atoms with Gasteiger partial charge in [-0.1, -0.05) is 6.07 Å². The molecule has 2 amide bonds. The molecule has 1 aromatic carbocycles. The zero-order valence-corrected chi connectivity index (χ0v) is 7.93. The Balaban J connectivity index is 2.31. The van der Waals surface area contributed by atoms with Gasteiger partial charge < -0.3 is 10.8 Å². The number of primary amides is 1. The van der Waals surface area contributed by atoms with Gasteiger partial charge in [0.2, 0.25) is 5.91 Å². The van der Waals surface area contributed by atoms with Crippen molar-refractivity contribution < 1.29 is 14.7 Å². The third-order valence-corrected chi connectivity index (χ3v) is 2.48. The molecule has 1 aliphatic rings. The maximum absolute atomic E-state index is 10.9. The van der Waals surface area contributed by atoms with E-state index >= 15 is 0 Å². The number of hydrogen-bond acceptors (Lipinski definition) is 2. The van der Waals surface area contributed by atoms with E-state index in [-0.39, 0.29) is 0 Å². The van der Waals surface area contributed by atoms with Gasteiger partial charge in [0.25, 0.3) is 0 Å². The average Bonchev–Trinajstić information content (AvgIpc) is 2.59. The first-order valence-corrected chi connectivity index (χ1v) is 4.47. The number of fused-ring (bicyclic) bond motifs is 1. The van der Waals surface area contributed by atoms with Crippen LogP contribution in [0.3, 0.4) is 0 Å². The zero-order chi connectivity index (χ0) is 11.0. The van der Waals surface area contributed by atoms with Gasteiger partial charge in [0.15, 0.2) is 0 Å². The molecule has 3 N–H and O–H groups in total. The number of benzene rings is 1. The summed E-state index contributed by atoms with van der Waals surface area (Å²) in [5, 5.41) is 8.80. The largest absolute Gasteiger partial charge is 0.465 e. The summed E-state index contributed by atoms with van der Waals surface area (Å²) in [6, 6.07) is 5.02. The monoisotopic (exact) mass is 206 g/mol. The van der Waals surface area contributed by atoms with Crippen LogP contribution in [0.1, 0.15) is 21.5 Å². The number of hydrogen-bond donors (Lipinski definition) is 2. The summed E-state index contributed by atoms with van der Waals surface area (Å²) in [5.74, 6) is -0.494. The average molecular weight is 206 g/mol. The fourth-order valence-corrected chi connectivity index (χ4v) is 1.68. The second-order valence-corrected chi connectivity index (χ2v) is 3.49. The highest BCUT2D eigenvalue weighted by atomic mass is 16.4. The number of carboxylic acid groups (broad SMARTS) is 1. The predicted molar refractivity (Wildman–Crippen MR) is 52.2 cm³/mol. The molecule has 0 fully saturated rings. The van der Waals surface area contributed by atoms with Crippen LogP contribution in [0.25, 0.3) is 0 Å². The van der Waals surface area contributed by atoms with E-state index < -0.39 is 12.0 Å². The molecule has 1 aliphatic heterocycles. The van der Waals surface area contributed by atoms with Gasteiger partial charge in [-0.25, -0.2) is 4.79 Å². The number of amides is 2. The highest BCUT2D eigenvalue weighted by Crippen LogP contribution is 2.23. The Morgan fingerprint density at radius 1 is 1.27 bits per heavy atom. The first-order chi connectivity index (χ1) is 7.08. The molecule has 15 heavy (non-hydrogen) atoms. The molecular weight excluding hydrogens is 196 g/mol. The van der Waals surface area contributed by atoms with Crippen LogP contribution in [0.2, 0.25) is 0 Å². The first-order valence-electron chi connectivity index (χ1n) is 4.47. The third-order valence-electron chi connectivity index (χ3n) is 2.48. The minimum Gasteiger partial charge on any atom is -0.465 e. The Kier molecular flexibility index (Phi) is 2.07. The molecule has 0 bridgehead atoms. The fraction of sp³-hybridized carbons (Fsp3) is 0.200. The van der Waals surface area contributed by atoms with Gasteiger partial charge in [0.05, 0.1) is 0 Å². The van der Waals surface area contributed by atoms with Crippen LogP contribution in [-0.4, -0.2) is 22.0 Å². The van der Waals surface area contributed by atoms with Crippen molar-refractivity contribution in [2.24, 2.45) is 5.73 Å². The van der Waals surface area contributed by atoms with Crippen molar-refractivity contribution in [3.8, 4) is 0 Å². The van der Waals surface area contributed by atoms with Crippen LogP contribution in [0.15, 0.2) is 18.2 Å². The third kappa shape index (κ3) is 1.63. The minimum atomic E-state index is -0.952. The van der Waals surface area contributed by atoms with E-state index in [1.807, 2.05) is 0 Å². The lowest BCUT2D eigenvalue weighted by atomic mass is 10.1. The number of nitrogens with zero attached hydrogens (tertiary/aromatic N) is 1. The van der Waals surface area contributed by atoms with E-state index in [2.05, 4.69) is 0 Å². The number of rotatable bonds is 1. The Bertz CT molecular complexity index is 442. The topological polar surface area (TPSA) is 83.6 Å². The van der Waals surface area contributed by atoms with Crippen LogP contribution in [0, 0.1) is 0 Å². The van der Waals surface area contributed by atoms with Crippen LogP contribution in [-0.2, 0) is 13.1 Å². The van der Waals surface area contributed by atoms with Gasteiger partial charge >= 0.3 is 6.09 Å². The molecule has 5 nitrogen and oxygen atoms in total. The van der Waals surface area contributed by atoms with Crippen LogP contribution >= 0.6 is 0 Å². The molecule has 0 radical (unpaired) electrons. The van der Waals surface area contributed by atoms with Gasteiger partial charge in [-0.05, 0) is 23.3 Å². The number of carbonyl (C=O) groups excluding carboxylic acids is 1. The first kappa shape index (κ1) is 9.51. The van der Waals surface area contributed by atoms with Crippen LogP contribution in [0.4, 0.5) is 4.79 Å². The number of nitrogens with two attached hydrogens (primary N) is 1. The summed E-state index contributed by atoms with van der Waals surface area (Å²) in [6.45, 7) is 0.704. The molecule has 0 atom stereocenters. The molecule has 1 heterocycles. The van der Waals surface area contributed by atoms with Crippen molar-refractivity contribution in [1.82, 2.24) is 4.90 Å². The molecular formula is C10H10N2O3. The van der Waals surface area contributed by atoms with Crippen molar-refractivity contribution in [1.29, 1.82) is 0 Å². The summed E-state index contributed by atoms with van der Waals surface area (Å²) >= 11 is 0. The molecule has 1 aromatic rings. The van der Waals surface area contributed by atoms with Crippen molar-refractivity contribution >= 4 is 12.0 Å². The minimum absolute atomic E-state index is 0.325. The predicted octanol–water partition coefficient (Wildman–Crippen LogP) is 0.779. The molecule has 0 unspecified atom stereocenters. The second kappa shape index (κ2) is 3.27. The van der Waals surface area contributed by atoms with E-state index in [1.54, 1.807) is 18.2 Å². The summed E-state index contributed by atoms with van der Waals surface area (Å²) in [4.78, 5) is 22.9. The lowest BCUT2D eigenvalue weighted by molar-refractivity contribution is 0.1000. The van der Waals surface area contributed by atoms with Gasteiger partial charge in [-0.15, -0.1) is 0 Å². The molecule has 5 heteroatoms. The van der Waals surface area contributed by atoms with E-state index in [1.165, 1.54) is 4.90 Å². The smallest absolute Gasteiger partial charge is 0.407 e. The lowest BCUT2D eigenvalue weighted by Gasteiger charge is -2.08. The second-order valence-electron chi connectivity index (χ2n) is 3.49. The Morgan fingerprint density at radius 3 is 2.53 bits per heavy atom. The van der Waals surface area contributed by atoms with Gasteiger partial charge in [-0.2, -0.15) is 0 Å². The van der Waals surface area contributed by atoms with Crippen LogP contribution in [0.5, 0.6) is 0 Å². The molecule has 0 aliphatic carbocycles. The quantitative estimate of drug-likeness (QED) is 0.712. The molecule has 0 saturated carbocycles. The highest BCUT2D eigenvalue weighted by Gasteiger charge is 2.23. The summed E-state index contributed by atoms with van der Waals surface area (Å²) in [7, 11) is 0. The van der Waals surface area contributed by atoms with Crippen LogP contribution < -0.4 is 5.73 Å². The fourth-order valence-electron chi connectivity index (χ4n) is 1.68. The van der Waals surface area contributed by atoms with Crippen molar-refractivity contribution in [3.05, 3.63) is 34.9 Å². The van der Waals surface area contributed by atoms with Crippen molar-refractivity contribution in [2.45, 2.75) is 13.1 Å². The highest BCUT2D eigenvalue weighted by molar-refractivity contribution is 5.93. The SMILES string of the molecule is NC(=O)c1ccc2c(c1)CN(C(=O)O)C2. The number of carbonyl (C=O) groups is 2. The molecule has 0 aromatic heterocycles. The van der Waals surface area contributed by atoms with Gasteiger partial charge in [-0.3, -0.25) is 9.69 Å².